The molecule has 1 N–H and O–H groups in total. The SMILES string of the molecule is Cn1c(NC(=O)COC(=O)C(c2ccccc2)c2ccccc2)cc(=O)n(C)c1=O. The standard InChI is InChI=1S/C22H21N3O5/c1-24-17(13-19(27)25(2)22(24)29)23-18(26)14-30-21(28)20(15-9-5-3-6-10-15)16-11-7-4-8-12-16/h3-13,20H,14H2,1-2H3,(H,23,26). The van der Waals surface area contributed by atoms with E-state index in [-0.39, 0.29) is 5.82 Å². The molecule has 8 heteroatoms. The van der Waals surface area contributed by atoms with Gasteiger partial charge in [-0.3, -0.25) is 23.5 Å². The Morgan fingerprint density at radius 1 is 0.900 bits per heavy atom. The van der Waals surface area contributed by atoms with Gasteiger partial charge >= 0.3 is 11.7 Å². The van der Waals surface area contributed by atoms with Crippen LogP contribution in [0.15, 0.2) is 76.3 Å². The third-order valence-electron chi connectivity index (χ3n) is 4.64. The molecule has 0 fully saturated rings. The highest BCUT2D eigenvalue weighted by Crippen LogP contribution is 2.25. The fraction of sp³-hybridized carbons (Fsp3) is 0.182. The van der Waals surface area contributed by atoms with Crippen LogP contribution in [0.4, 0.5) is 5.82 Å². The molecule has 0 aliphatic rings. The van der Waals surface area contributed by atoms with Gasteiger partial charge in [-0.05, 0) is 11.1 Å². The molecule has 154 valence electrons. The van der Waals surface area contributed by atoms with Crippen molar-refractivity contribution in [3.63, 3.8) is 0 Å². The van der Waals surface area contributed by atoms with E-state index in [9.17, 15) is 19.2 Å². The summed E-state index contributed by atoms with van der Waals surface area (Å²) in [6.07, 6.45) is 0. The summed E-state index contributed by atoms with van der Waals surface area (Å²) in [5, 5.41) is 2.43. The molecule has 30 heavy (non-hydrogen) atoms. The number of carbonyl (C=O) groups excluding carboxylic acids is 2. The van der Waals surface area contributed by atoms with Crippen LogP contribution in [0.3, 0.4) is 0 Å². The summed E-state index contributed by atoms with van der Waals surface area (Å²) in [6, 6.07) is 19.4. The van der Waals surface area contributed by atoms with Gasteiger partial charge < -0.3 is 10.1 Å². The summed E-state index contributed by atoms with van der Waals surface area (Å²) in [5.74, 6) is -1.91. The fourth-order valence-corrected chi connectivity index (χ4v) is 3.01. The van der Waals surface area contributed by atoms with Crippen LogP contribution in [0.5, 0.6) is 0 Å². The summed E-state index contributed by atoms with van der Waals surface area (Å²) in [4.78, 5) is 48.8. The van der Waals surface area contributed by atoms with Gasteiger partial charge in [0.05, 0.1) is 0 Å². The van der Waals surface area contributed by atoms with Crippen LogP contribution in [0.1, 0.15) is 17.0 Å². The predicted molar refractivity (Wildman–Crippen MR) is 111 cm³/mol. The summed E-state index contributed by atoms with van der Waals surface area (Å²) in [6.45, 7) is -0.557. The number of esters is 1. The lowest BCUT2D eigenvalue weighted by atomic mass is 9.91. The van der Waals surface area contributed by atoms with Crippen molar-refractivity contribution < 1.29 is 14.3 Å². The van der Waals surface area contributed by atoms with Gasteiger partial charge in [0.25, 0.3) is 11.5 Å². The van der Waals surface area contributed by atoms with Crippen molar-refractivity contribution >= 4 is 17.7 Å². The van der Waals surface area contributed by atoms with Crippen LogP contribution in [-0.4, -0.2) is 27.6 Å². The topological polar surface area (TPSA) is 99.4 Å². The maximum absolute atomic E-state index is 12.8. The molecule has 3 aromatic rings. The molecular weight excluding hydrogens is 386 g/mol. The van der Waals surface area contributed by atoms with Gasteiger partial charge in [-0.1, -0.05) is 60.7 Å². The molecule has 0 radical (unpaired) electrons. The molecule has 0 bridgehead atoms. The van der Waals surface area contributed by atoms with E-state index in [0.717, 1.165) is 26.3 Å². The van der Waals surface area contributed by atoms with Crippen molar-refractivity contribution in [2.75, 3.05) is 11.9 Å². The van der Waals surface area contributed by atoms with Gasteiger partial charge in [-0.15, -0.1) is 0 Å². The first-order valence-corrected chi connectivity index (χ1v) is 9.22. The molecule has 2 aromatic carbocycles. The minimum Gasteiger partial charge on any atom is -0.455 e. The van der Waals surface area contributed by atoms with Crippen molar-refractivity contribution in [3.05, 3.63) is 98.7 Å². The largest absolute Gasteiger partial charge is 0.455 e. The fourth-order valence-electron chi connectivity index (χ4n) is 3.01. The van der Waals surface area contributed by atoms with Gasteiger partial charge in [0.15, 0.2) is 6.61 Å². The summed E-state index contributed by atoms with van der Waals surface area (Å²) < 4.78 is 7.29. The quantitative estimate of drug-likeness (QED) is 0.623. The molecule has 0 atom stereocenters. The summed E-state index contributed by atoms with van der Waals surface area (Å²) in [7, 11) is 2.76. The third kappa shape index (κ3) is 4.54. The van der Waals surface area contributed by atoms with Gasteiger partial charge in [-0.25, -0.2) is 4.79 Å². The maximum Gasteiger partial charge on any atom is 0.332 e. The molecular formula is C22H21N3O5. The Morgan fingerprint density at radius 3 is 1.97 bits per heavy atom. The number of anilines is 1. The van der Waals surface area contributed by atoms with Crippen molar-refractivity contribution in [2.45, 2.75) is 5.92 Å². The average molecular weight is 407 g/mol. The number of amides is 1. The van der Waals surface area contributed by atoms with Crippen molar-refractivity contribution in [2.24, 2.45) is 14.1 Å². The predicted octanol–water partition coefficient (Wildman–Crippen LogP) is 1.40. The minimum atomic E-state index is -0.687. The maximum atomic E-state index is 12.8. The number of carbonyl (C=O) groups is 2. The number of nitrogens with zero attached hydrogens (tertiary/aromatic N) is 2. The Morgan fingerprint density at radius 2 is 1.43 bits per heavy atom. The van der Waals surface area contributed by atoms with Crippen LogP contribution in [0, 0.1) is 0 Å². The number of benzene rings is 2. The lowest BCUT2D eigenvalue weighted by molar-refractivity contribution is -0.147. The first-order chi connectivity index (χ1) is 14.4. The number of ether oxygens (including phenoxy) is 1. The van der Waals surface area contributed by atoms with Crippen molar-refractivity contribution in [3.8, 4) is 0 Å². The minimum absolute atomic E-state index is 0.0202. The van der Waals surface area contributed by atoms with Crippen LogP contribution in [0.25, 0.3) is 0 Å². The van der Waals surface area contributed by atoms with E-state index in [2.05, 4.69) is 5.32 Å². The number of aromatic nitrogens is 2. The highest BCUT2D eigenvalue weighted by Gasteiger charge is 2.25. The van der Waals surface area contributed by atoms with Crippen molar-refractivity contribution in [1.82, 2.24) is 9.13 Å². The van der Waals surface area contributed by atoms with Crippen LogP contribution in [0.2, 0.25) is 0 Å². The molecule has 0 unspecified atom stereocenters. The molecule has 8 nitrogen and oxygen atoms in total. The number of hydrogen-bond acceptors (Lipinski definition) is 5. The van der Waals surface area contributed by atoms with E-state index >= 15 is 0 Å². The summed E-state index contributed by atoms with van der Waals surface area (Å²) >= 11 is 0. The zero-order valence-electron chi connectivity index (χ0n) is 16.6. The van der Waals surface area contributed by atoms with Crippen LogP contribution < -0.4 is 16.6 Å². The molecule has 0 saturated heterocycles. The molecule has 3 rings (SSSR count). The van der Waals surface area contributed by atoms with Crippen molar-refractivity contribution in [1.29, 1.82) is 0 Å². The second-order valence-corrected chi connectivity index (χ2v) is 6.68. The van der Waals surface area contributed by atoms with E-state index in [1.165, 1.54) is 14.1 Å². The van der Waals surface area contributed by atoms with E-state index in [1.54, 1.807) is 0 Å². The Hall–Kier alpha value is -3.94. The average Bonchev–Trinajstić information content (AvgIpc) is 2.76. The first kappa shape index (κ1) is 20.8. The number of hydrogen-bond donors (Lipinski definition) is 1. The van der Waals surface area contributed by atoms with Gasteiger partial charge in [0.2, 0.25) is 0 Å². The van der Waals surface area contributed by atoms with E-state index in [4.69, 9.17) is 4.74 Å². The Balaban J connectivity index is 1.74. The second-order valence-electron chi connectivity index (χ2n) is 6.68. The zero-order valence-corrected chi connectivity index (χ0v) is 16.6. The van der Waals surface area contributed by atoms with Crippen LogP contribution >= 0.6 is 0 Å². The molecule has 0 saturated carbocycles. The Kier molecular flexibility index (Phi) is 6.26. The number of rotatable bonds is 6. The lowest BCUT2D eigenvalue weighted by Crippen LogP contribution is -2.38. The van der Waals surface area contributed by atoms with Gasteiger partial charge in [0.1, 0.15) is 11.7 Å². The van der Waals surface area contributed by atoms with Gasteiger partial charge in [-0.2, -0.15) is 0 Å². The monoisotopic (exact) mass is 407 g/mol. The zero-order chi connectivity index (χ0) is 21.7. The molecule has 0 spiro atoms. The molecule has 1 heterocycles. The smallest absolute Gasteiger partial charge is 0.332 e. The number of nitrogens with one attached hydrogen (secondary N) is 1. The third-order valence-corrected chi connectivity index (χ3v) is 4.64. The Bertz CT molecular complexity index is 1130. The first-order valence-electron chi connectivity index (χ1n) is 9.22. The van der Waals surface area contributed by atoms with E-state index in [1.807, 2.05) is 60.7 Å². The highest BCUT2D eigenvalue weighted by atomic mass is 16.5. The molecule has 0 aliphatic carbocycles. The molecule has 1 aromatic heterocycles. The summed E-state index contributed by atoms with van der Waals surface area (Å²) in [5.41, 5.74) is 0.341. The van der Waals surface area contributed by atoms with Gasteiger partial charge in [0, 0.05) is 20.2 Å². The van der Waals surface area contributed by atoms with E-state index < -0.39 is 35.7 Å². The normalized spacial score (nSPS) is 10.6. The van der Waals surface area contributed by atoms with Crippen LogP contribution in [-0.2, 0) is 28.4 Å². The Labute approximate surface area is 172 Å². The van der Waals surface area contributed by atoms with E-state index in [0.29, 0.717) is 0 Å². The molecule has 0 aliphatic heterocycles. The lowest BCUT2D eigenvalue weighted by Gasteiger charge is -2.17. The molecule has 1 amide bonds. The second kappa shape index (κ2) is 9.04. The highest BCUT2D eigenvalue weighted by molar-refractivity contribution is 5.93.